The highest BCUT2D eigenvalue weighted by molar-refractivity contribution is 7.22. The first-order valence-electron chi connectivity index (χ1n) is 11.9. The summed E-state index contributed by atoms with van der Waals surface area (Å²) in [5, 5.41) is 23.1. The molecule has 0 bridgehead atoms. The zero-order valence-corrected chi connectivity index (χ0v) is 21.4. The number of amides is 1. The Hall–Kier alpha value is -4.57. The smallest absolute Gasteiger partial charge is 0.301 e. The second-order valence-electron chi connectivity index (χ2n) is 8.86. The number of aliphatic hydroxyl groups excluding tert-OH is 1. The lowest BCUT2D eigenvalue weighted by molar-refractivity contribution is -0.384. The fourth-order valence-corrected chi connectivity index (χ4v) is 5.45. The van der Waals surface area contributed by atoms with Crippen LogP contribution in [-0.2, 0) is 9.59 Å². The number of Topliss-reactive ketones (excluding diaryl/α,β-unsaturated/α-hetero) is 1. The number of nitrogens with zero attached hydrogens (tertiary/aromatic N) is 3. The number of rotatable bonds is 7. The minimum atomic E-state index is -1.12. The van der Waals surface area contributed by atoms with Gasteiger partial charge in [0.2, 0.25) is 0 Å². The number of ether oxygens (including phenoxy) is 1. The lowest BCUT2D eigenvalue weighted by Gasteiger charge is -2.22. The molecule has 1 aliphatic heterocycles. The molecule has 192 valence electrons. The minimum Gasteiger partial charge on any atom is -0.507 e. The summed E-state index contributed by atoms with van der Waals surface area (Å²) in [6, 6.07) is 16.7. The van der Waals surface area contributed by atoms with E-state index in [0.29, 0.717) is 29.0 Å². The van der Waals surface area contributed by atoms with Gasteiger partial charge in [0.25, 0.3) is 11.5 Å². The van der Waals surface area contributed by atoms with Crippen LogP contribution in [0.4, 0.5) is 10.8 Å². The highest BCUT2D eigenvalue weighted by atomic mass is 32.1. The Labute approximate surface area is 221 Å². The highest BCUT2D eigenvalue weighted by Gasteiger charge is 2.48. The minimum absolute atomic E-state index is 0.173. The molecular formula is C28H23N3O6S. The molecule has 10 heteroatoms. The molecule has 0 saturated carbocycles. The fraction of sp³-hybridized carbons (Fsp3) is 0.179. The third kappa shape index (κ3) is 4.50. The molecule has 9 nitrogen and oxygen atoms in total. The van der Waals surface area contributed by atoms with E-state index in [-0.39, 0.29) is 22.2 Å². The van der Waals surface area contributed by atoms with Crippen LogP contribution in [0.25, 0.3) is 16.0 Å². The standard InChI is InChI=1S/C28H23N3O6S/c1-3-13-37-20-10-8-17(9-11-20)25(32)23-24(18-5-4-6-19(15-18)31(35)36)30(27(34)26(23)33)28-29-21-12-7-16(2)14-22(21)38-28/h4-12,14-15,24,32H,3,13H2,1-2H3. The molecule has 1 atom stereocenters. The third-order valence-electron chi connectivity index (χ3n) is 6.18. The maximum absolute atomic E-state index is 13.4. The van der Waals surface area contributed by atoms with E-state index in [1.807, 2.05) is 32.0 Å². The van der Waals surface area contributed by atoms with E-state index >= 15 is 0 Å². The number of carbonyl (C=O) groups excluding carboxylic acids is 2. The van der Waals surface area contributed by atoms with Crippen LogP contribution < -0.4 is 9.64 Å². The van der Waals surface area contributed by atoms with Crippen molar-refractivity contribution < 1.29 is 24.4 Å². The summed E-state index contributed by atoms with van der Waals surface area (Å²) >= 11 is 1.23. The summed E-state index contributed by atoms with van der Waals surface area (Å²) in [6.45, 7) is 4.46. The molecule has 0 spiro atoms. The average molecular weight is 530 g/mol. The van der Waals surface area contributed by atoms with Gasteiger partial charge in [0, 0.05) is 17.7 Å². The Kier molecular flexibility index (Phi) is 6.64. The van der Waals surface area contributed by atoms with Gasteiger partial charge in [-0.15, -0.1) is 0 Å². The Morgan fingerprint density at radius 3 is 2.61 bits per heavy atom. The number of aryl methyl sites for hydroxylation is 1. The van der Waals surface area contributed by atoms with Crippen molar-refractivity contribution in [2.45, 2.75) is 26.3 Å². The predicted molar refractivity (Wildman–Crippen MR) is 144 cm³/mol. The molecule has 4 aromatic rings. The molecule has 0 aliphatic carbocycles. The first-order chi connectivity index (χ1) is 18.3. The van der Waals surface area contributed by atoms with Crippen molar-refractivity contribution in [3.05, 3.63) is 99.1 Å². The van der Waals surface area contributed by atoms with Crippen molar-refractivity contribution in [3.8, 4) is 5.75 Å². The van der Waals surface area contributed by atoms with Gasteiger partial charge < -0.3 is 9.84 Å². The van der Waals surface area contributed by atoms with Crippen molar-refractivity contribution in [1.29, 1.82) is 0 Å². The quantitative estimate of drug-likeness (QED) is 0.103. The average Bonchev–Trinajstić information content (AvgIpc) is 3.45. The molecule has 1 amide bonds. The maximum atomic E-state index is 13.4. The first kappa shape index (κ1) is 25.1. The number of nitro benzene ring substituents is 1. The van der Waals surface area contributed by atoms with Crippen LogP contribution in [0.1, 0.15) is 36.1 Å². The third-order valence-corrected chi connectivity index (χ3v) is 7.20. The number of aliphatic hydroxyl groups is 1. The van der Waals surface area contributed by atoms with Gasteiger partial charge in [-0.05, 0) is 60.9 Å². The number of non-ortho nitro benzene ring substituents is 1. The summed E-state index contributed by atoms with van der Waals surface area (Å²) in [7, 11) is 0. The molecule has 1 aromatic heterocycles. The molecule has 0 radical (unpaired) electrons. The molecule has 1 N–H and O–H groups in total. The maximum Gasteiger partial charge on any atom is 0.301 e. The van der Waals surface area contributed by atoms with Crippen LogP contribution in [0.15, 0.2) is 72.3 Å². The SMILES string of the molecule is CCCOc1ccc(C(O)=C2C(=O)C(=O)N(c3nc4ccc(C)cc4s3)C2c2cccc([N+](=O)[O-])c2)cc1. The molecular weight excluding hydrogens is 506 g/mol. The number of fused-ring (bicyclic) bond motifs is 1. The van der Waals surface area contributed by atoms with Crippen molar-refractivity contribution >= 4 is 49.8 Å². The number of hydrogen-bond donors (Lipinski definition) is 1. The van der Waals surface area contributed by atoms with E-state index in [0.717, 1.165) is 16.7 Å². The van der Waals surface area contributed by atoms with Gasteiger partial charge in [0.05, 0.1) is 33.4 Å². The first-order valence-corrected chi connectivity index (χ1v) is 12.8. The van der Waals surface area contributed by atoms with Gasteiger partial charge in [-0.2, -0.15) is 0 Å². The predicted octanol–water partition coefficient (Wildman–Crippen LogP) is 5.93. The number of nitro groups is 1. The zero-order valence-electron chi connectivity index (χ0n) is 20.6. The molecule has 1 unspecified atom stereocenters. The van der Waals surface area contributed by atoms with Gasteiger partial charge in [0.15, 0.2) is 5.13 Å². The fourth-order valence-electron chi connectivity index (χ4n) is 4.36. The van der Waals surface area contributed by atoms with Gasteiger partial charge >= 0.3 is 5.91 Å². The van der Waals surface area contributed by atoms with E-state index in [2.05, 4.69) is 4.98 Å². The molecule has 1 aliphatic rings. The molecule has 38 heavy (non-hydrogen) atoms. The zero-order chi connectivity index (χ0) is 27.0. The van der Waals surface area contributed by atoms with E-state index in [1.165, 1.54) is 34.4 Å². The van der Waals surface area contributed by atoms with E-state index in [9.17, 15) is 24.8 Å². The Morgan fingerprint density at radius 2 is 1.89 bits per heavy atom. The number of anilines is 1. The number of aromatic nitrogens is 1. The lowest BCUT2D eigenvalue weighted by Crippen LogP contribution is -2.29. The lowest BCUT2D eigenvalue weighted by atomic mass is 9.95. The van der Waals surface area contributed by atoms with Crippen LogP contribution in [0.3, 0.4) is 0 Å². The van der Waals surface area contributed by atoms with Gasteiger partial charge in [-0.3, -0.25) is 24.6 Å². The normalized spacial score (nSPS) is 16.8. The summed E-state index contributed by atoms with van der Waals surface area (Å²) in [4.78, 5) is 43.6. The Balaban J connectivity index is 1.68. The second-order valence-corrected chi connectivity index (χ2v) is 9.87. The number of hydrogen-bond acceptors (Lipinski definition) is 8. The van der Waals surface area contributed by atoms with Crippen molar-refractivity contribution in [2.75, 3.05) is 11.5 Å². The summed E-state index contributed by atoms with van der Waals surface area (Å²) < 4.78 is 6.42. The molecule has 3 aromatic carbocycles. The van der Waals surface area contributed by atoms with Gasteiger partial charge in [-0.1, -0.05) is 36.5 Å². The van der Waals surface area contributed by atoms with Gasteiger partial charge in [-0.25, -0.2) is 4.98 Å². The number of benzene rings is 3. The Bertz CT molecular complexity index is 1610. The van der Waals surface area contributed by atoms with E-state index < -0.39 is 22.7 Å². The number of carbonyl (C=O) groups is 2. The second kappa shape index (κ2) is 10.1. The topological polar surface area (TPSA) is 123 Å². The molecule has 2 heterocycles. The van der Waals surface area contributed by atoms with Crippen LogP contribution in [-0.4, -0.2) is 33.3 Å². The van der Waals surface area contributed by atoms with Gasteiger partial charge in [0.1, 0.15) is 11.5 Å². The van der Waals surface area contributed by atoms with Crippen molar-refractivity contribution in [2.24, 2.45) is 0 Å². The summed E-state index contributed by atoms with van der Waals surface area (Å²) in [6.07, 6.45) is 0.833. The molecule has 5 rings (SSSR count). The van der Waals surface area contributed by atoms with Crippen LogP contribution in [0, 0.1) is 17.0 Å². The Morgan fingerprint density at radius 1 is 1.13 bits per heavy atom. The van der Waals surface area contributed by atoms with Crippen LogP contribution in [0.5, 0.6) is 5.75 Å². The van der Waals surface area contributed by atoms with Crippen molar-refractivity contribution in [1.82, 2.24) is 4.98 Å². The number of ketones is 1. The number of thiazole rings is 1. The molecule has 1 saturated heterocycles. The monoisotopic (exact) mass is 529 g/mol. The largest absolute Gasteiger partial charge is 0.507 e. The summed E-state index contributed by atoms with van der Waals surface area (Å²) in [5.41, 5.74) is 1.90. The summed E-state index contributed by atoms with van der Waals surface area (Å²) in [5.74, 6) is -1.56. The van der Waals surface area contributed by atoms with Crippen LogP contribution >= 0.6 is 11.3 Å². The molecule has 1 fully saturated rings. The highest BCUT2D eigenvalue weighted by Crippen LogP contribution is 2.45. The van der Waals surface area contributed by atoms with E-state index in [1.54, 1.807) is 30.3 Å². The van der Waals surface area contributed by atoms with E-state index in [4.69, 9.17) is 4.74 Å². The van der Waals surface area contributed by atoms with Crippen molar-refractivity contribution in [3.63, 3.8) is 0 Å². The van der Waals surface area contributed by atoms with Crippen LogP contribution in [0.2, 0.25) is 0 Å².